The van der Waals surface area contributed by atoms with Crippen LogP contribution in [0.25, 0.3) is 0 Å². The smallest absolute Gasteiger partial charge is 0.410 e. The van der Waals surface area contributed by atoms with E-state index in [0.717, 1.165) is 36.9 Å². The van der Waals surface area contributed by atoms with Crippen molar-refractivity contribution >= 4 is 6.09 Å². The lowest BCUT2D eigenvalue weighted by molar-refractivity contribution is -0.00977. The Morgan fingerprint density at radius 3 is 2.59 bits per heavy atom. The number of rotatable bonds is 3. The molecule has 0 spiro atoms. The van der Waals surface area contributed by atoms with Gasteiger partial charge in [-0.3, -0.25) is 4.90 Å². The van der Waals surface area contributed by atoms with Crippen LogP contribution in [-0.2, 0) is 4.74 Å². The molecule has 6 heteroatoms. The molecule has 1 aromatic rings. The highest BCUT2D eigenvalue weighted by molar-refractivity contribution is 5.68. The van der Waals surface area contributed by atoms with Gasteiger partial charge < -0.3 is 19.7 Å². The Hall–Kier alpha value is -1.79. The fourth-order valence-electron chi connectivity index (χ4n) is 5.36. The number of nitrogens with zero attached hydrogens (tertiary/aromatic N) is 2. The molecule has 6 nitrogen and oxygen atoms in total. The maximum atomic E-state index is 12.7. The van der Waals surface area contributed by atoms with Crippen molar-refractivity contribution < 1.29 is 18.4 Å². The van der Waals surface area contributed by atoms with Crippen LogP contribution in [0.2, 0.25) is 0 Å². The molecular formula is C23H35N3O3. The standard InChI is InChI=1S/C23H35N3O3/c1-15-18(7-6-8-20(15)28-5)21-19(11-12-24-21)26-16-9-10-17(26)14-25(13-16)22(27)29-23(2,3)4/h6-8,16-17,19,21,24H,9-14H2,1-5H3/t16-,17+,19-,21-/m0/s1/i5D3. The van der Waals surface area contributed by atoms with Crippen LogP contribution < -0.4 is 10.1 Å². The Kier molecular flexibility index (Phi) is 4.56. The Morgan fingerprint density at radius 1 is 1.21 bits per heavy atom. The SMILES string of the molecule is [2H]C([2H])([2H])Oc1cccc([C@@H]2NCC[C@@H]2N2[C@@H]3CC[C@H]2CN(C(=O)OC(C)(C)C)C3)c1C. The van der Waals surface area contributed by atoms with Crippen LogP contribution in [0.1, 0.15) is 61.3 Å². The topological polar surface area (TPSA) is 54.0 Å². The van der Waals surface area contributed by atoms with Gasteiger partial charge in [-0.05, 0) is 70.7 Å². The number of ether oxygens (including phenoxy) is 2. The molecule has 29 heavy (non-hydrogen) atoms. The van der Waals surface area contributed by atoms with Crippen molar-refractivity contribution in [3.63, 3.8) is 0 Å². The van der Waals surface area contributed by atoms with Crippen LogP contribution >= 0.6 is 0 Å². The van der Waals surface area contributed by atoms with Crippen LogP contribution in [0.15, 0.2) is 18.2 Å². The number of likely N-dealkylation sites (tertiary alicyclic amines) is 1. The number of benzene rings is 1. The summed E-state index contributed by atoms with van der Waals surface area (Å²) in [4.78, 5) is 17.1. The lowest BCUT2D eigenvalue weighted by atomic mass is 9.93. The zero-order valence-electron chi connectivity index (χ0n) is 20.9. The third-order valence-electron chi connectivity index (χ3n) is 6.53. The lowest BCUT2D eigenvalue weighted by Gasteiger charge is -2.45. The van der Waals surface area contributed by atoms with E-state index in [1.807, 2.05) is 38.7 Å². The fourth-order valence-corrected chi connectivity index (χ4v) is 5.36. The van der Waals surface area contributed by atoms with E-state index in [0.29, 0.717) is 37.0 Å². The second-order valence-electron chi connectivity index (χ2n) is 9.58. The molecule has 3 heterocycles. The molecule has 3 saturated heterocycles. The van der Waals surface area contributed by atoms with Gasteiger partial charge in [0.1, 0.15) is 11.4 Å². The molecule has 1 N–H and O–H groups in total. The third-order valence-corrected chi connectivity index (χ3v) is 6.53. The fraction of sp³-hybridized carbons (Fsp3) is 0.696. The van der Waals surface area contributed by atoms with Crippen LogP contribution in [-0.4, -0.2) is 66.3 Å². The van der Waals surface area contributed by atoms with Gasteiger partial charge in [0.05, 0.1) is 11.2 Å². The number of fused-ring (bicyclic) bond motifs is 2. The average molecular weight is 405 g/mol. The molecule has 0 radical (unpaired) electrons. The molecule has 2 bridgehead atoms. The van der Waals surface area contributed by atoms with E-state index in [1.54, 1.807) is 6.07 Å². The first kappa shape index (κ1) is 16.9. The van der Waals surface area contributed by atoms with E-state index in [-0.39, 0.29) is 12.1 Å². The predicted molar refractivity (Wildman–Crippen MR) is 113 cm³/mol. The van der Waals surface area contributed by atoms with Gasteiger partial charge in [0.2, 0.25) is 0 Å². The monoisotopic (exact) mass is 404 g/mol. The second-order valence-corrected chi connectivity index (χ2v) is 9.58. The summed E-state index contributed by atoms with van der Waals surface area (Å²) in [7, 11) is -2.47. The Labute approximate surface area is 178 Å². The summed E-state index contributed by atoms with van der Waals surface area (Å²) >= 11 is 0. The summed E-state index contributed by atoms with van der Waals surface area (Å²) in [5, 5.41) is 3.64. The van der Waals surface area contributed by atoms with E-state index < -0.39 is 12.6 Å². The van der Waals surface area contributed by atoms with E-state index in [9.17, 15) is 4.79 Å². The van der Waals surface area contributed by atoms with Crippen LogP contribution in [0.4, 0.5) is 4.79 Å². The quantitative estimate of drug-likeness (QED) is 0.836. The number of carbonyl (C=O) groups is 1. The van der Waals surface area contributed by atoms with Gasteiger partial charge >= 0.3 is 6.09 Å². The highest BCUT2D eigenvalue weighted by Gasteiger charge is 2.48. The van der Waals surface area contributed by atoms with Crippen molar-refractivity contribution in [2.24, 2.45) is 0 Å². The van der Waals surface area contributed by atoms with E-state index >= 15 is 0 Å². The summed E-state index contributed by atoms with van der Waals surface area (Å²) in [6, 6.07) is 6.69. The second kappa shape index (κ2) is 7.80. The van der Waals surface area contributed by atoms with Gasteiger partial charge in [0.15, 0.2) is 0 Å². The molecule has 0 aliphatic carbocycles. The van der Waals surface area contributed by atoms with Gasteiger partial charge in [-0.2, -0.15) is 0 Å². The number of methoxy groups -OCH3 is 1. The molecule has 4 rings (SSSR count). The average Bonchev–Trinajstić information content (AvgIpc) is 3.22. The minimum absolute atomic E-state index is 0.103. The van der Waals surface area contributed by atoms with Crippen LogP contribution in [0.5, 0.6) is 5.75 Å². The van der Waals surface area contributed by atoms with Gasteiger partial charge in [-0.15, -0.1) is 0 Å². The maximum Gasteiger partial charge on any atom is 0.410 e. The van der Waals surface area contributed by atoms with Crippen molar-refractivity contribution in [3.8, 4) is 5.75 Å². The van der Waals surface area contributed by atoms with E-state index in [1.165, 1.54) is 0 Å². The van der Waals surface area contributed by atoms with Crippen LogP contribution in [0.3, 0.4) is 0 Å². The zero-order chi connectivity index (χ0) is 23.3. The molecule has 160 valence electrons. The molecule has 1 aromatic carbocycles. The summed E-state index contributed by atoms with van der Waals surface area (Å²) in [6.45, 7) is 9.92. The van der Waals surface area contributed by atoms with Gasteiger partial charge in [0, 0.05) is 37.3 Å². The minimum Gasteiger partial charge on any atom is -0.496 e. The normalized spacial score (nSPS) is 31.9. The third kappa shape index (κ3) is 3.97. The van der Waals surface area contributed by atoms with Crippen molar-refractivity contribution in [3.05, 3.63) is 29.3 Å². The number of hydrogen-bond acceptors (Lipinski definition) is 5. The van der Waals surface area contributed by atoms with Crippen molar-refractivity contribution in [1.29, 1.82) is 0 Å². The molecule has 3 aliphatic rings. The highest BCUT2D eigenvalue weighted by atomic mass is 16.6. The van der Waals surface area contributed by atoms with Gasteiger partial charge in [-0.1, -0.05) is 12.1 Å². The summed E-state index contributed by atoms with van der Waals surface area (Å²) in [5.41, 5.74) is 1.46. The van der Waals surface area contributed by atoms with E-state index in [2.05, 4.69) is 16.3 Å². The maximum absolute atomic E-state index is 12.7. The first-order chi connectivity index (χ1) is 14.9. The van der Waals surface area contributed by atoms with E-state index in [4.69, 9.17) is 13.6 Å². The zero-order valence-corrected chi connectivity index (χ0v) is 17.9. The van der Waals surface area contributed by atoms with Crippen LogP contribution in [0, 0.1) is 6.92 Å². The molecular weight excluding hydrogens is 366 g/mol. The van der Waals surface area contributed by atoms with Crippen molar-refractivity contribution in [1.82, 2.24) is 15.1 Å². The van der Waals surface area contributed by atoms with Gasteiger partial charge in [0.25, 0.3) is 0 Å². The molecule has 1 amide bonds. The summed E-state index contributed by atoms with van der Waals surface area (Å²) in [6.07, 6.45) is 2.96. The number of nitrogens with one attached hydrogen (secondary N) is 1. The molecule has 4 atom stereocenters. The molecule has 3 aliphatic heterocycles. The lowest BCUT2D eigenvalue weighted by Crippen LogP contribution is -2.59. The molecule has 0 unspecified atom stereocenters. The first-order valence-corrected chi connectivity index (χ1v) is 10.7. The Balaban J connectivity index is 1.52. The minimum atomic E-state index is -2.47. The van der Waals surface area contributed by atoms with Gasteiger partial charge in [-0.25, -0.2) is 4.79 Å². The molecule has 0 saturated carbocycles. The number of hydrogen-bond donors (Lipinski definition) is 1. The Morgan fingerprint density at radius 2 is 1.93 bits per heavy atom. The summed E-state index contributed by atoms with van der Waals surface area (Å²) in [5.74, 6) is 0.410. The summed E-state index contributed by atoms with van der Waals surface area (Å²) < 4.78 is 33.2. The van der Waals surface area contributed by atoms with Crippen molar-refractivity contribution in [2.45, 2.75) is 76.7 Å². The number of piperazine rings is 1. The predicted octanol–water partition coefficient (Wildman–Crippen LogP) is 3.49. The Bertz CT molecular complexity index is 841. The van der Waals surface area contributed by atoms with Crippen molar-refractivity contribution in [2.75, 3.05) is 26.7 Å². The first-order valence-electron chi connectivity index (χ1n) is 12.2. The highest BCUT2D eigenvalue weighted by Crippen LogP contribution is 2.40. The molecule has 0 aromatic heterocycles. The molecule has 3 fully saturated rings. The number of amides is 1. The number of carbonyl (C=O) groups excluding carboxylic acids is 1. The largest absolute Gasteiger partial charge is 0.496 e.